The lowest BCUT2D eigenvalue weighted by Gasteiger charge is -2.31. The zero-order valence-electron chi connectivity index (χ0n) is 13.0. The first-order chi connectivity index (χ1) is 10.2. The van der Waals surface area contributed by atoms with E-state index in [1.165, 1.54) is 20.0 Å². The van der Waals surface area contributed by atoms with E-state index in [0.717, 1.165) is 38.3 Å². The number of nitrogens with zero attached hydrogens (tertiary/aromatic N) is 2. The smallest absolute Gasteiger partial charge is 0.356 e. The van der Waals surface area contributed by atoms with E-state index in [2.05, 4.69) is 22.1 Å². The highest BCUT2D eigenvalue weighted by Gasteiger charge is 2.18. The van der Waals surface area contributed by atoms with Crippen molar-refractivity contribution in [3.63, 3.8) is 0 Å². The maximum absolute atomic E-state index is 11.6. The maximum atomic E-state index is 11.6. The number of esters is 1. The highest BCUT2D eigenvalue weighted by molar-refractivity contribution is 5.88. The number of carbonyl (C=O) groups is 1. The van der Waals surface area contributed by atoms with Gasteiger partial charge in [0.25, 0.3) is 0 Å². The number of ether oxygens (including phenoxy) is 1. The fourth-order valence-corrected chi connectivity index (χ4v) is 2.80. The molecule has 2 rings (SSSR count). The van der Waals surface area contributed by atoms with Crippen molar-refractivity contribution < 1.29 is 9.53 Å². The lowest BCUT2D eigenvalue weighted by atomic mass is 9.97. The highest BCUT2D eigenvalue weighted by atomic mass is 16.5. The molecule has 1 aromatic heterocycles. The van der Waals surface area contributed by atoms with Gasteiger partial charge in [0.1, 0.15) is 5.69 Å². The first-order valence-corrected chi connectivity index (χ1v) is 7.74. The summed E-state index contributed by atoms with van der Waals surface area (Å²) in [6.07, 6.45) is 5.21. The molecule has 0 aromatic carbocycles. The fourth-order valence-electron chi connectivity index (χ4n) is 2.80. The molecule has 0 unspecified atom stereocenters. The van der Waals surface area contributed by atoms with E-state index < -0.39 is 0 Å². The number of nitrogens with one attached hydrogen (secondary N) is 1. The van der Waals surface area contributed by atoms with Crippen molar-refractivity contribution in [3.8, 4) is 0 Å². The summed E-state index contributed by atoms with van der Waals surface area (Å²) in [5, 5.41) is 3.40. The van der Waals surface area contributed by atoms with E-state index in [0.29, 0.717) is 11.6 Å². The van der Waals surface area contributed by atoms with Gasteiger partial charge in [0.05, 0.1) is 7.11 Å². The Morgan fingerprint density at radius 1 is 1.48 bits per heavy atom. The van der Waals surface area contributed by atoms with Gasteiger partial charge in [0, 0.05) is 25.0 Å². The summed E-state index contributed by atoms with van der Waals surface area (Å²) in [6, 6.07) is 3.81. The molecule has 0 radical (unpaired) electrons. The molecule has 0 saturated carbocycles. The Morgan fingerprint density at radius 2 is 2.24 bits per heavy atom. The molecule has 0 bridgehead atoms. The van der Waals surface area contributed by atoms with Crippen LogP contribution in [0.4, 0.5) is 5.69 Å². The van der Waals surface area contributed by atoms with Gasteiger partial charge in [0.2, 0.25) is 0 Å². The predicted octanol–water partition coefficient (Wildman–Crippen LogP) is 2.08. The number of hydrogen-bond acceptors (Lipinski definition) is 5. The molecule has 5 heteroatoms. The number of anilines is 1. The number of hydrogen-bond donors (Lipinski definition) is 1. The maximum Gasteiger partial charge on any atom is 0.356 e. The summed E-state index contributed by atoms with van der Waals surface area (Å²) in [5.74, 6) is 0.336. The number of rotatable bonds is 6. The second kappa shape index (κ2) is 7.98. The number of pyridine rings is 1. The molecule has 2 heterocycles. The van der Waals surface area contributed by atoms with Gasteiger partial charge < -0.3 is 15.0 Å². The average molecular weight is 291 g/mol. The lowest BCUT2D eigenvalue weighted by Crippen LogP contribution is -2.36. The Morgan fingerprint density at radius 3 is 2.90 bits per heavy atom. The third-order valence-corrected chi connectivity index (χ3v) is 3.93. The van der Waals surface area contributed by atoms with Gasteiger partial charge in [0.15, 0.2) is 0 Å². The average Bonchev–Trinajstić information content (AvgIpc) is 2.55. The summed E-state index contributed by atoms with van der Waals surface area (Å²) in [7, 11) is 1.38. The van der Waals surface area contributed by atoms with Crippen LogP contribution in [0.15, 0.2) is 18.3 Å². The summed E-state index contributed by atoms with van der Waals surface area (Å²) in [6.45, 7) is 6.43. The predicted molar refractivity (Wildman–Crippen MR) is 83.7 cm³/mol. The van der Waals surface area contributed by atoms with E-state index in [1.807, 2.05) is 12.1 Å². The molecule has 1 aliphatic rings. The standard InChI is InChI=1S/C16H25N3O2/c1-3-10-19(12-13-4-7-17-8-5-13)14-6-9-18-15(11-14)16(20)21-2/h6,9,11,13,17H,3-5,7-8,10,12H2,1-2H3. The van der Waals surface area contributed by atoms with Crippen LogP contribution in [0.3, 0.4) is 0 Å². The Balaban J connectivity index is 2.10. The van der Waals surface area contributed by atoms with Gasteiger partial charge in [-0.3, -0.25) is 0 Å². The third kappa shape index (κ3) is 4.43. The van der Waals surface area contributed by atoms with Crippen LogP contribution in [0.25, 0.3) is 0 Å². The summed E-state index contributed by atoms with van der Waals surface area (Å²) in [4.78, 5) is 18.1. The molecule has 1 fully saturated rings. The Kier molecular flexibility index (Phi) is 5.99. The van der Waals surface area contributed by atoms with Crippen molar-refractivity contribution in [2.75, 3.05) is 38.2 Å². The fraction of sp³-hybridized carbons (Fsp3) is 0.625. The van der Waals surface area contributed by atoms with Gasteiger partial charge in [-0.05, 0) is 50.4 Å². The van der Waals surface area contributed by atoms with Gasteiger partial charge in [-0.1, -0.05) is 6.92 Å². The molecule has 1 aromatic rings. The summed E-state index contributed by atoms with van der Waals surface area (Å²) >= 11 is 0. The zero-order chi connectivity index (χ0) is 15.1. The Bertz CT molecular complexity index is 459. The van der Waals surface area contributed by atoms with Gasteiger partial charge in [-0.2, -0.15) is 0 Å². The van der Waals surface area contributed by atoms with Gasteiger partial charge >= 0.3 is 5.97 Å². The first-order valence-electron chi connectivity index (χ1n) is 7.74. The second-order valence-electron chi connectivity index (χ2n) is 5.53. The quantitative estimate of drug-likeness (QED) is 0.813. The summed E-state index contributed by atoms with van der Waals surface area (Å²) in [5.41, 5.74) is 1.44. The molecule has 0 amide bonds. The molecule has 116 valence electrons. The van der Waals surface area contributed by atoms with Gasteiger partial charge in [-0.15, -0.1) is 0 Å². The Labute approximate surface area is 126 Å². The van der Waals surface area contributed by atoms with Crippen molar-refractivity contribution in [2.45, 2.75) is 26.2 Å². The molecular formula is C16H25N3O2. The van der Waals surface area contributed by atoms with E-state index in [1.54, 1.807) is 6.20 Å². The van der Waals surface area contributed by atoms with Crippen LogP contribution in [-0.2, 0) is 4.74 Å². The molecule has 1 aliphatic heterocycles. The van der Waals surface area contributed by atoms with Crippen LogP contribution in [0.2, 0.25) is 0 Å². The van der Waals surface area contributed by atoms with Crippen molar-refractivity contribution in [1.29, 1.82) is 0 Å². The minimum Gasteiger partial charge on any atom is -0.464 e. The molecule has 0 aliphatic carbocycles. The zero-order valence-corrected chi connectivity index (χ0v) is 13.0. The van der Waals surface area contributed by atoms with E-state index in [4.69, 9.17) is 4.74 Å². The first kappa shape index (κ1) is 15.8. The van der Waals surface area contributed by atoms with Crippen LogP contribution in [-0.4, -0.2) is 44.2 Å². The molecule has 5 nitrogen and oxygen atoms in total. The van der Waals surface area contributed by atoms with Crippen molar-refractivity contribution in [3.05, 3.63) is 24.0 Å². The van der Waals surface area contributed by atoms with Crippen LogP contribution < -0.4 is 10.2 Å². The SMILES string of the molecule is CCCN(CC1CCNCC1)c1ccnc(C(=O)OC)c1. The van der Waals surface area contributed by atoms with E-state index in [9.17, 15) is 4.79 Å². The van der Waals surface area contributed by atoms with Gasteiger partial charge in [-0.25, -0.2) is 9.78 Å². The van der Waals surface area contributed by atoms with Crippen LogP contribution in [0.1, 0.15) is 36.7 Å². The highest BCUT2D eigenvalue weighted by Crippen LogP contribution is 2.20. The van der Waals surface area contributed by atoms with Crippen LogP contribution >= 0.6 is 0 Å². The number of piperidine rings is 1. The molecule has 0 spiro atoms. The minimum atomic E-state index is -0.379. The number of carbonyl (C=O) groups excluding carboxylic acids is 1. The van der Waals surface area contributed by atoms with Crippen molar-refractivity contribution in [2.24, 2.45) is 5.92 Å². The Hall–Kier alpha value is -1.62. The second-order valence-corrected chi connectivity index (χ2v) is 5.53. The number of aromatic nitrogens is 1. The molecule has 1 N–H and O–H groups in total. The van der Waals surface area contributed by atoms with Crippen molar-refractivity contribution >= 4 is 11.7 Å². The molecular weight excluding hydrogens is 266 g/mol. The normalized spacial score (nSPS) is 15.7. The molecule has 21 heavy (non-hydrogen) atoms. The lowest BCUT2D eigenvalue weighted by molar-refractivity contribution is 0.0594. The largest absolute Gasteiger partial charge is 0.464 e. The van der Waals surface area contributed by atoms with E-state index >= 15 is 0 Å². The third-order valence-electron chi connectivity index (χ3n) is 3.93. The van der Waals surface area contributed by atoms with E-state index in [-0.39, 0.29) is 5.97 Å². The minimum absolute atomic E-state index is 0.376. The topological polar surface area (TPSA) is 54.5 Å². The molecule has 1 saturated heterocycles. The summed E-state index contributed by atoms with van der Waals surface area (Å²) < 4.78 is 4.75. The monoisotopic (exact) mass is 291 g/mol. The van der Waals surface area contributed by atoms with Crippen LogP contribution in [0, 0.1) is 5.92 Å². The van der Waals surface area contributed by atoms with Crippen molar-refractivity contribution in [1.82, 2.24) is 10.3 Å². The number of methoxy groups -OCH3 is 1. The molecule has 0 atom stereocenters. The van der Waals surface area contributed by atoms with Crippen LogP contribution in [0.5, 0.6) is 0 Å².